The van der Waals surface area contributed by atoms with E-state index in [-0.39, 0.29) is 5.56 Å². The van der Waals surface area contributed by atoms with Crippen molar-refractivity contribution in [2.24, 2.45) is 0 Å². The van der Waals surface area contributed by atoms with E-state index in [0.717, 1.165) is 17.8 Å². The summed E-state index contributed by atoms with van der Waals surface area (Å²) in [6, 6.07) is 1.97. The van der Waals surface area contributed by atoms with Gasteiger partial charge in [-0.15, -0.1) is 11.3 Å². The molecule has 2 nitrogen and oxygen atoms in total. The molecule has 1 aromatic heterocycles. The summed E-state index contributed by atoms with van der Waals surface area (Å²) < 4.78 is 52.2. The maximum Gasteiger partial charge on any atom is 0.416 e. The third-order valence-electron chi connectivity index (χ3n) is 2.80. The maximum absolute atomic E-state index is 13.1. The Balaban J connectivity index is 2.55. The van der Waals surface area contributed by atoms with Crippen molar-refractivity contribution in [1.29, 1.82) is 0 Å². The second kappa shape index (κ2) is 5.49. The predicted molar refractivity (Wildman–Crippen MR) is 69.2 cm³/mol. The molecule has 0 aliphatic heterocycles. The lowest BCUT2D eigenvalue weighted by Gasteiger charge is -2.19. The molecule has 108 valence electrons. The first-order valence-electron chi connectivity index (χ1n) is 5.79. The van der Waals surface area contributed by atoms with Crippen molar-refractivity contribution in [3.05, 3.63) is 51.2 Å². The average molecular weight is 304 g/mol. The summed E-state index contributed by atoms with van der Waals surface area (Å²) in [7, 11) is 1.55. The third kappa shape index (κ3) is 2.99. The zero-order valence-corrected chi connectivity index (χ0v) is 11.6. The minimum absolute atomic E-state index is 0.0317. The number of hydrogen-bond donors (Lipinski definition) is 1. The highest BCUT2D eigenvalue weighted by molar-refractivity contribution is 7.09. The normalized spacial score (nSPS) is 13.5. The van der Waals surface area contributed by atoms with Crippen molar-refractivity contribution in [3.8, 4) is 0 Å². The van der Waals surface area contributed by atoms with Crippen molar-refractivity contribution in [2.75, 3.05) is 7.05 Å². The number of benzene rings is 1. The molecule has 0 radical (unpaired) electrons. The number of halogens is 4. The fourth-order valence-corrected chi connectivity index (χ4v) is 2.86. The summed E-state index contributed by atoms with van der Waals surface area (Å²) in [5, 5.41) is 5.08. The van der Waals surface area contributed by atoms with Crippen LogP contribution in [0.5, 0.6) is 0 Å². The molecule has 20 heavy (non-hydrogen) atoms. The highest BCUT2D eigenvalue weighted by atomic mass is 32.1. The van der Waals surface area contributed by atoms with Crippen LogP contribution in [-0.2, 0) is 6.18 Å². The second-order valence-corrected chi connectivity index (χ2v) is 5.17. The standard InChI is InChI=1S/C13H12F4N2S/c1-7-6-20-12(19-7)11(18-2)9-4-3-8(14)5-10(9)13(15,16)17/h3-6,11,18H,1-2H3. The first-order chi connectivity index (χ1) is 9.32. The molecule has 1 unspecified atom stereocenters. The molecule has 0 spiro atoms. The molecule has 0 amide bonds. The average Bonchev–Trinajstić information content (AvgIpc) is 2.77. The van der Waals surface area contributed by atoms with E-state index in [2.05, 4.69) is 10.3 Å². The first-order valence-corrected chi connectivity index (χ1v) is 6.67. The van der Waals surface area contributed by atoms with Crippen LogP contribution in [0.1, 0.15) is 27.9 Å². The number of rotatable bonds is 3. The van der Waals surface area contributed by atoms with Gasteiger partial charge in [-0.25, -0.2) is 9.37 Å². The van der Waals surface area contributed by atoms with E-state index in [1.807, 2.05) is 0 Å². The lowest BCUT2D eigenvalue weighted by atomic mass is 10.00. The Morgan fingerprint density at radius 1 is 1.30 bits per heavy atom. The predicted octanol–water partition coefficient (Wildman–Crippen LogP) is 3.92. The maximum atomic E-state index is 13.1. The molecule has 0 saturated heterocycles. The van der Waals surface area contributed by atoms with Gasteiger partial charge in [-0.2, -0.15) is 13.2 Å². The van der Waals surface area contributed by atoms with E-state index in [9.17, 15) is 17.6 Å². The zero-order chi connectivity index (χ0) is 14.9. The molecule has 1 atom stereocenters. The Kier molecular flexibility index (Phi) is 4.10. The fraction of sp³-hybridized carbons (Fsp3) is 0.308. The summed E-state index contributed by atoms with van der Waals surface area (Å²) >= 11 is 1.27. The number of thiazole rings is 1. The third-order valence-corrected chi connectivity index (χ3v) is 3.83. The summed E-state index contributed by atoms with van der Waals surface area (Å²) in [6.07, 6.45) is -4.61. The van der Waals surface area contributed by atoms with Crippen LogP contribution in [0.3, 0.4) is 0 Å². The summed E-state index contributed by atoms with van der Waals surface area (Å²) in [4.78, 5) is 4.20. The minimum Gasteiger partial charge on any atom is -0.307 e. The molecular formula is C13H12F4N2S. The van der Waals surface area contributed by atoms with Crippen LogP contribution in [-0.4, -0.2) is 12.0 Å². The monoisotopic (exact) mass is 304 g/mol. The molecule has 1 heterocycles. The molecular weight excluding hydrogens is 292 g/mol. The Hall–Kier alpha value is -1.47. The first kappa shape index (κ1) is 14.9. The van der Waals surface area contributed by atoms with Crippen molar-refractivity contribution >= 4 is 11.3 Å². The van der Waals surface area contributed by atoms with Crippen molar-refractivity contribution < 1.29 is 17.6 Å². The van der Waals surface area contributed by atoms with Crippen LogP contribution >= 0.6 is 11.3 Å². The molecule has 0 aliphatic carbocycles. The lowest BCUT2D eigenvalue weighted by Crippen LogP contribution is -2.22. The van der Waals surface area contributed by atoms with E-state index < -0.39 is 23.6 Å². The number of nitrogens with zero attached hydrogens (tertiary/aromatic N) is 1. The van der Waals surface area contributed by atoms with Crippen LogP contribution in [0.25, 0.3) is 0 Å². The Bertz CT molecular complexity index is 607. The second-order valence-electron chi connectivity index (χ2n) is 4.28. The molecule has 2 aromatic rings. The smallest absolute Gasteiger partial charge is 0.307 e. The van der Waals surface area contributed by atoms with Gasteiger partial charge in [0.15, 0.2) is 0 Å². The van der Waals surface area contributed by atoms with Gasteiger partial charge in [0, 0.05) is 11.1 Å². The summed E-state index contributed by atoms with van der Waals surface area (Å²) in [5.74, 6) is -0.911. The Labute approximate surface area is 117 Å². The van der Waals surface area contributed by atoms with Gasteiger partial charge in [-0.05, 0) is 31.7 Å². The molecule has 2 rings (SSSR count). The zero-order valence-electron chi connectivity index (χ0n) is 10.8. The van der Waals surface area contributed by atoms with Gasteiger partial charge in [-0.3, -0.25) is 0 Å². The van der Waals surface area contributed by atoms with Gasteiger partial charge in [0.2, 0.25) is 0 Å². The van der Waals surface area contributed by atoms with Crippen LogP contribution in [0.2, 0.25) is 0 Å². The minimum atomic E-state index is -4.61. The summed E-state index contributed by atoms with van der Waals surface area (Å²) in [6.45, 7) is 1.77. The number of nitrogens with one attached hydrogen (secondary N) is 1. The van der Waals surface area contributed by atoms with Crippen molar-refractivity contribution in [2.45, 2.75) is 19.1 Å². The quantitative estimate of drug-likeness (QED) is 0.869. The molecule has 7 heteroatoms. The molecule has 0 aliphatic rings. The van der Waals surface area contributed by atoms with Gasteiger partial charge in [-0.1, -0.05) is 6.07 Å². The van der Waals surface area contributed by atoms with Crippen LogP contribution in [0, 0.1) is 12.7 Å². The van der Waals surface area contributed by atoms with E-state index in [0.29, 0.717) is 11.1 Å². The molecule has 1 N–H and O–H groups in total. The van der Waals surface area contributed by atoms with E-state index in [1.54, 1.807) is 19.4 Å². The van der Waals surface area contributed by atoms with Crippen LogP contribution in [0.4, 0.5) is 17.6 Å². The number of aryl methyl sites for hydroxylation is 1. The van der Waals surface area contributed by atoms with Gasteiger partial charge in [0.05, 0.1) is 11.6 Å². The molecule has 0 saturated carbocycles. The largest absolute Gasteiger partial charge is 0.416 e. The number of aromatic nitrogens is 1. The molecule has 0 bridgehead atoms. The number of alkyl halides is 3. The topological polar surface area (TPSA) is 24.9 Å². The van der Waals surface area contributed by atoms with E-state index in [4.69, 9.17) is 0 Å². The van der Waals surface area contributed by atoms with E-state index >= 15 is 0 Å². The SMILES string of the molecule is CNC(c1nc(C)cs1)c1ccc(F)cc1C(F)(F)F. The number of hydrogen-bond acceptors (Lipinski definition) is 3. The Morgan fingerprint density at radius 2 is 2.00 bits per heavy atom. The van der Waals surface area contributed by atoms with Gasteiger partial charge in [0.1, 0.15) is 10.8 Å². The van der Waals surface area contributed by atoms with Crippen LogP contribution in [0.15, 0.2) is 23.6 Å². The Morgan fingerprint density at radius 3 is 2.50 bits per heavy atom. The highest BCUT2D eigenvalue weighted by Crippen LogP contribution is 2.37. The van der Waals surface area contributed by atoms with E-state index in [1.165, 1.54) is 11.3 Å². The fourth-order valence-electron chi connectivity index (χ4n) is 1.94. The van der Waals surface area contributed by atoms with Crippen LogP contribution < -0.4 is 5.32 Å². The van der Waals surface area contributed by atoms with Gasteiger partial charge in [0.25, 0.3) is 0 Å². The van der Waals surface area contributed by atoms with Gasteiger partial charge >= 0.3 is 6.18 Å². The van der Waals surface area contributed by atoms with Crippen molar-refractivity contribution in [3.63, 3.8) is 0 Å². The van der Waals surface area contributed by atoms with Crippen molar-refractivity contribution in [1.82, 2.24) is 10.3 Å². The highest BCUT2D eigenvalue weighted by Gasteiger charge is 2.36. The lowest BCUT2D eigenvalue weighted by molar-refractivity contribution is -0.138. The van der Waals surface area contributed by atoms with Gasteiger partial charge < -0.3 is 5.32 Å². The molecule has 0 fully saturated rings. The summed E-state index contributed by atoms with van der Waals surface area (Å²) in [5.41, 5.74) is -0.277. The molecule has 1 aromatic carbocycles.